The molecule has 1 atom stereocenters. The van der Waals surface area contributed by atoms with E-state index in [0.29, 0.717) is 17.6 Å². The molecule has 144 valence electrons. The number of thiazole rings is 1. The van der Waals surface area contributed by atoms with Crippen molar-refractivity contribution in [2.45, 2.75) is 26.7 Å². The van der Waals surface area contributed by atoms with Crippen LogP contribution in [-0.2, 0) is 4.79 Å². The van der Waals surface area contributed by atoms with Crippen LogP contribution in [0.15, 0.2) is 42.0 Å². The zero-order valence-electron chi connectivity index (χ0n) is 16.1. The van der Waals surface area contributed by atoms with Crippen molar-refractivity contribution in [1.29, 1.82) is 0 Å². The standard InChI is InChI=1S/C21H23N5OS/c1-14-6-7-15(2)17(11-14)18-13-28-21(24-18)25-19(27)16-5-3-10-26(12-16)20-22-8-4-9-23-20/h4,6-9,11,13,16H,3,5,10,12H2,1-2H3,(H,24,25,27)/t16-/m0/s1. The SMILES string of the molecule is Cc1ccc(C)c(-c2csc(NC(=O)[C@H]3CCCN(c4ncccn4)C3)n2)c1. The molecule has 0 saturated carbocycles. The van der Waals surface area contributed by atoms with Crippen molar-refractivity contribution in [3.63, 3.8) is 0 Å². The third-order valence-corrected chi connectivity index (χ3v) is 5.79. The van der Waals surface area contributed by atoms with Crippen LogP contribution in [0.2, 0.25) is 0 Å². The average Bonchev–Trinajstić information content (AvgIpc) is 3.19. The summed E-state index contributed by atoms with van der Waals surface area (Å²) in [6.45, 7) is 5.66. The van der Waals surface area contributed by atoms with Gasteiger partial charge in [0.2, 0.25) is 11.9 Å². The molecule has 1 aliphatic rings. The van der Waals surface area contributed by atoms with Crippen LogP contribution in [-0.4, -0.2) is 33.9 Å². The highest BCUT2D eigenvalue weighted by Crippen LogP contribution is 2.29. The number of rotatable bonds is 4. The molecule has 6 nitrogen and oxygen atoms in total. The molecule has 0 spiro atoms. The molecule has 0 bridgehead atoms. The molecular formula is C21H23N5OS. The summed E-state index contributed by atoms with van der Waals surface area (Å²) in [7, 11) is 0. The lowest BCUT2D eigenvalue weighted by atomic mass is 9.97. The highest BCUT2D eigenvalue weighted by Gasteiger charge is 2.27. The normalized spacial score (nSPS) is 16.8. The summed E-state index contributed by atoms with van der Waals surface area (Å²) in [6.07, 6.45) is 5.28. The summed E-state index contributed by atoms with van der Waals surface area (Å²) in [5, 5.41) is 5.66. The van der Waals surface area contributed by atoms with Gasteiger partial charge >= 0.3 is 0 Å². The minimum absolute atomic E-state index is 0.0162. The Hall–Kier alpha value is -2.80. The minimum Gasteiger partial charge on any atom is -0.340 e. The van der Waals surface area contributed by atoms with Gasteiger partial charge in [0.1, 0.15) is 0 Å². The van der Waals surface area contributed by atoms with Gasteiger partial charge in [0.25, 0.3) is 0 Å². The Kier molecular flexibility index (Phi) is 5.34. The quantitative estimate of drug-likeness (QED) is 0.723. The Labute approximate surface area is 168 Å². The summed E-state index contributed by atoms with van der Waals surface area (Å²) >= 11 is 1.47. The molecule has 4 rings (SSSR count). The van der Waals surface area contributed by atoms with Gasteiger partial charge in [-0.2, -0.15) is 0 Å². The molecule has 0 aliphatic carbocycles. The number of carbonyl (C=O) groups is 1. The van der Waals surface area contributed by atoms with Crippen LogP contribution >= 0.6 is 11.3 Å². The zero-order valence-corrected chi connectivity index (χ0v) is 16.9. The highest BCUT2D eigenvalue weighted by molar-refractivity contribution is 7.14. The van der Waals surface area contributed by atoms with E-state index in [1.54, 1.807) is 18.5 Å². The lowest BCUT2D eigenvalue weighted by molar-refractivity contribution is -0.120. The molecule has 1 fully saturated rings. The van der Waals surface area contributed by atoms with Gasteiger partial charge in [-0.25, -0.2) is 15.0 Å². The van der Waals surface area contributed by atoms with E-state index in [2.05, 4.69) is 57.2 Å². The topological polar surface area (TPSA) is 71.0 Å². The summed E-state index contributed by atoms with van der Waals surface area (Å²) < 4.78 is 0. The Morgan fingerprint density at radius 3 is 2.89 bits per heavy atom. The maximum Gasteiger partial charge on any atom is 0.231 e. The van der Waals surface area contributed by atoms with Gasteiger partial charge in [-0.15, -0.1) is 11.3 Å². The predicted molar refractivity (Wildman–Crippen MR) is 113 cm³/mol. The van der Waals surface area contributed by atoms with Gasteiger partial charge in [-0.3, -0.25) is 4.79 Å². The van der Waals surface area contributed by atoms with E-state index in [4.69, 9.17) is 0 Å². The van der Waals surface area contributed by atoms with Gasteiger partial charge in [-0.05, 0) is 44.4 Å². The largest absolute Gasteiger partial charge is 0.340 e. The Bertz CT molecular complexity index is 972. The minimum atomic E-state index is -0.0920. The number of hydrogen-bond donors (Lipinski definition) is 1. The molecule has 1 aliphatic heterocycles. The molecule has 7 heteroatoms. The molecular weight excluding hydrogens is 370 g/mol. The maximum absolute atomic E-state index is 12.8. The van der Waals surface area contributed by atoms with Crippen molar-refractivity contribution >= 4 is 28.3 Å². The third kappa shape index (κ3) is 4.04. The number of piperidine rings is 1. The van der Waals surface area contributed by atoms with Gasteiger partial charge in [0, 0.05) is 36.4 Å². The van der Waals surface area contributed by atoms with E-state index in [0.717, 1.165) is 30.6 Å². The fourth-order valence-electron chi connectivity index (χ4n) is 3.50. The van der Waals surface area contributed by atoms with Crippen LogP contribution in [0.1, 0.15) is 24.0 Å². The second kappa shape index (κ2) is 8.06. The van der Waals surface area contributed by atoms with Crippen molar-refractivity contribution in [3.05, 3.63) is 53.2 Å². The molecule has 28 heavy (non-hydrogen) atoms. The molecule has 1 amide bonds. The summed E-state index contributed by atoms with van der Waals surface area (Å²) in [6, 6.07) is 8.13. The van der Waals surface area contributed by atoms with Crippen LogP contribution < -0.4 is 10.2 Å². The van der Waals surface area contributed by atoms with E-state index in [-0.39, 0.29) is 11.8 Å². The number of hydrogen-bond acceptors (Lipinski definition) is 6. The highest BCUT2D eigenvalue weighted by atomic mass is 32.1. The van der Waals surface area contributed by atoms with Gasteiger partial charge in [0.05, 0.1) is 11.6 Å². The van der Waals surface area contributed by atoms with Crippen molar-refractivity contribution in [3.8, 4) is 11.3 Å². The summed E-state index contributed by atoms with van der Waals surface area (Å²) in [5.41, 5.74) is 4.40. The van der Waals surface area contributed by atoms with E-state index in [1.807, 2.05) is 5.38 Å². The number of nitrogens with zero attached hydrogens (tertiary/aromatic N) is 4. The van der Waals surface area contributed by atoms with Crippen molar-refractivity contribution in [1.82, 2.24) is 15.0 Å². The van der Waals surface area contributed by atoms with Gasteiger partial charge < -0.3 is 10.2 Å². The third-order valence-electron chi connectivity index (χ3n) is 5.03. The number of anilines is 2. The molecule has 1 N–H and O–H groups in total. The first-order valence-electron chi connectivity index (χ1n) is 9.46. The van der Waals surface area contributed by atoms with E-state index in [9.17, 15) is 4.79 Å². The first kappa shape index (κ1) is 18.6. The average molecular weight is 394 g/mol. The molecule has 0 radical (unpaired) electrons. The van der Waals surface area contributed by atoms with E-state index in [1.165, 1.54) is 22.5 Å². The van der Waals surface area contributed by atoms with Gasteiger partial charge in [-0.1, -0.05) is 17.7 Å². The fraction of sp³-hybridized carbons (Fsp3) is 0.333. The molecule has 3 heterocycles. The number of aryl methyl sites for hydroxylation is 2. The fourth-order valence-corrected chi connectivity index (χ4v) is 4.21. The zero-order chi connectivity index (χ0) is 19.5. The Morgan fingerprint density at radius 1 is 1.25 bits per heavy atom. The Morgan fingerprint density at radius 2 is 2.07 bits per heavy atom. The lowest BCUT2D eigenvalue weighted by Gasteiger charge is -2.31. The second-order valence-corrected chi connectivity index (χ2v) is 8.04. The summed E-state index contributed by atoms with van der Waals surface area (Å²) in [4.78, 5) is 28.1. The molecule has 3 aromatic rings. The number of aromatic nitrogens is 3. The van der Waals surface area contributed by atoms with E-state index >= 15 is 0 Å². The van der Waals surface area contributed by atoms with Crippen LogP contribution in [0.3, 0.4) is 0 Å². The smallest absolute Gasteiger partial charge is 0.231 e. The van der Waals surface area contributed by atoms with Crippen LogP contribution in [0.4, 0.5) is 11.1 Å². The number of amides is 1. The van der Waals surface area contributed by atoms with Crippen molar-refractivity contribution in [2.24, 2.45) is 5.92 Å². The van der Waals surface area contributed by atoms with Gasteiger partial charge in [0.15, 0.2) is 5.13 Å². The second-order valence-electron chi connectivity index (χ2n) is 7.18. The molecule has 1 saturated heterocycles. The Balaban J connectivity index is 1.44. The van der Waals surface area contributed by atoms with Crippen LogP contribution in [0.25, 0.3) is 11.3 Å². The number of nitrogens with one attached hydrogen (secondary N) is 1. The predicted octanol–water partition coefficient (Wildman–Crippen LogP) is 4.07. The monoisotopic (exact) mass is 393 g/mol. The molecule has 1 aromatic carbocycles. The van der Waals surface area contributed by atoms with Crippen molar-refractivity contribution in [2.75, 3.05) is 23.3 Å². The maximum atomic E-state index is 12.8. The van der Waals surface area contributed by atoms with Crippen molar-refractivity contribution < 1.29 is 4.79 Å². The van der Waals surface area contributed by atoms with Crippen LogP contribution in [0, 0.1) is 19.8 Å². The summed E-state index contributed by atoms with van der Waals surface area (Å²) in [5.74, 6) is 0.611. The molecule has 0 unspecified atom stereocenters. The number of benzene rings is 1. The van der Waals surface area contributed by atoms with E-state index < -0.39 is 0 Å². The lowest BCUT2D eigenvalue weighted by Crippen LogP contribution is -2.41. The number of carbonyl (C=O) groups excluding carboxylic acids is 1. The first-order valence-corrected chi connectivity index (χ1v) is 10.3. The first-order chi connectivity index (χ1) is 13.6. The van der Waals surface area contributed by atoms with Crippen LogP contribution in [0.5, 0.6) is 0 Å². The molecule has 2 aromatic heterocycles.